The second kappa shape index (κ2) is 8.98. The van der Waals surface area contributed by atoms with Gasteiger partial charge in [0.15, 0.2) is 0 Å². The van der Waals surface area contributed by atoms with Crippen molar-refractivity contribution >= 4 is 21.6 Å². The van der Waals surface area contributed by atoms with E-state index in [0.717, 1.165) is 5.69 Å². The van der Waals surface area contributed by atoms with E-state index in [1.807, 2.05) is 6.07 Å². The molecule has 1 saturated heterocycles. The molecule has 1 N–H and O–H groups in total. The molecule has 2 aliphatic heterocycles. The van der Waals surface area contributed by atoms with Gasteiger partial charge in [0, 0.05) is 29.6 Å². The van der Waals surface area contributed by atoms with Gasteiger partial charge in [0.25, 0.3) is 11.5 Å². The lowest BCUT2D eigenvalue weighted by Crippen LogP contribution is -2.38. The van der Waals surface area contributed by atoms with Crippen molar-refractivity contribution in [3.63, 3.8) is 0 Å². The molecule has 2 aliphatic rings. The number of rotatable bonds is 7. The summed E-state index contributed by atoms with van der Waals surface area (Å²) in [5, 5.41) is 2.80. The molecule has 0 unspecified atom stereocenters. The lowest BCUT2D eigenvalue weighted by molar-refractivity contribution is 0.102. The Morgan fingerprint density at radius 3 is 2.46 bits per heavy atom. The van der Waals surface area contributed by atoms with Crippen molar-refractivity contribution in [2.75, 3.05) is 18.5 Å². The van der Waals surface area contributed by atoms with Crippen molar-refractivity contribution in [3.8, 4) is 5.75 Å². The smallest absolute Gasteiger partial charge is 0.255 e. The van der Waals surface area contributed by atoms with Crippen LogP contribution < -0.4 is 15.6 Å². The van der Waals surface area contributed by atoms with E-state index < -0.39 is 10.0 Å². The standard InChI is InChI=1S/C26H27N3O5S/c1-17(2)16-34-21-10-6-18(7-11-21)26(31)27-19-8-12-22(13-9-19)35(32,33)28-15-20-14-24(28)23-4-3-5-25(30)29(20)23/h3-13,17,20,24H,14-16H2,1-2H3,(H,27,31)/t20-,24-/m1/s1. The van der Waals surface area contributed by atoms with Gasteiger partial charge in [-0.2, -0.15) is 4.31 Å². The number of hydrogen-bond donors (Lipinski definition) is 1. The van der Waals surface area contributed by atoms with Crippen molar-refractivity contribution in [1.82, 2.24) is 8.87 Å². The molecule has 5 rings (SSSR count). The van der Waals surface area contributed by atoms with Crippen LogP contribution in [0.25, 0.3) is 0 Å². The van der Waals surface area contributed by atoms with Gasteiger partial charge in [-0.05, 0) is 66.9 Å². The van der Waals surface area contributed by atoms with Crippen LogP contribution in [0.5, 0.6) is 5.75 Å². The second-order valence-corrected chi connectivity index (χ2v) is 11.2. The molecule has 0 radical (unpaired) electrons. The van der Waals surface area contributed by atoms with Crippen molar-refractivity contribution in [2.24, 2.45) is 5.92 Å². The first-order valence-electron chi connectivity index (χ1n) is 11.6. The molecule has 0 saturated carbocycles. The van der Waals surface area contributed by atoms with Gasteiger partial charge in [0.2, 0.25) is 10.0 Å². The zero-order valence-electron chi connectivity index (χ0n) is 19.5. The molecule has 0 aliphatic carbocycles. The van der Waals surface area contributed by atoms with Gasteiger partial charge < -0.3 is 14.6 Å². The van der Waals surface area contributed by atoms with Gasteiger partial charge in [-0.15, -0.1) is 0 Å². The van der Waals surface area contributed by atoms with Gasteiger partial charge in [0.1, 0.15) is 5.75 Å². The highest BCUT2D eigenvalue weighted by molar-refractivity contribution is 7.89. The molecular formula is C26H27N3O5S. The minimum atomic E-state index is -3.75. The Balaban J connectivity index is 1.27. The molecule has 2 atom stereocenters. The predicted molar refractivity (Wildman–Crippen MR) is 132 cm³/mol. The van der Waals surface area contributed by atoms with Crippen LogP contribution in [0.1, 0.15) is 48.4 Å². The number of ether oxygens (including phenoxy) is 1. The van der Waals surface area contributed by atoms with E-state index in [-0.39, 0.29) is 35.0 Å². The first-order valence-corrected chi connectivity index (χ1v) is 13.1. The Labute approximate surface area is 204 Å². The van der Waals surface area contributed by atoms with Gasteiger partial charge >= 0.3 is 0 Å². The summed E-state index contributed by atoms with van der Waals surface area (Å²) in [6.07, 6.45) is 0.605. The van der Waals surface area contributed by atoms with Crippen LogP contribution in [0.4, 0.5) is 5.69 Å². The number of amides is 1. The number of anilines is 1. The summed E-state index contributed by atoms with van der Waals surface area (Å²) in [6.45, 7) is 5.01. The van der Waals surface area contributed by atoms with Gasteiger partial charge in [0.05, 0.1) is 23.6 Å². The summed E-state index contributed by atoms with van der Waals surface area (Å²) in [5.41, 5.74) is 1.61. The molecule has 1 amide bonds. The van der Waals surface area contributed by atoms with Gasteiger partial charge in [-0.25, -0.2) is 8.42 Å². The Morgan fingerprint density at radius 1 is 1.06 bits per heavy atom. The molecular weight excluding hydrogens is 466 g/mol. The van der Waals surface area contributed by atoms with E-state index in [4.69, 9.17) is 4.74 Å². The van der Waals surface area contributed by atoms with E-state index in [2.05, 4.69) is 19.2 Å². The first kappa shape index (κ1) is 23.3. The molecule has 1 fully saturated rings. The molecule has 3 aromatic rings. The highest BCUT2D eigenvalue weighted by Gasteiger charge is 2.48. The van der Waals surface area contributed by atoms with Crippen LogP contribution >= 0.6 is 0 Å². The molecule has 2 bridgehead atoms. The lowest BCUT2D eigenvalue weighted by atomic mass is 10.2. The molecule has 8 nitrogen and oxygen atoms in total. The summed E-state index contributed by atoms with van der Waals surface area (Å²) >= 11 is 0. The van der Waals surface area contributed by atoms with Crippen LogP contribution in [0, 0.1) is 5.92 Å². The molecule has 1 aromatic heterocycles. The number of nitrogens with one attached hydrogen (secondary N) is 1. The zero-order valence-corrected chi connectivity index (χ0v) is 20.4. The minimum Gasteiger partial charge on any atom is -0.493 e. The third-order valence-electron chi connectivity index (χ3n) is 6.38. The number of carbonyl (C=O) groups is 1. The second-order valence-electron chi connectivity index (χ2n) is 9.35. The molecule has 9 heteroatoms. The fourth-order valence-electron chi connectivity index (χ4n) is 4.70. The van der Waals surface area contributed by atoms with Crippen molar-refractivity contribution < 1.29 is 17.9 Å². The highest BCUT2D eigenvalue weighted by Crippen LogP contribution is 2.46. The average molecular weight is 494 g/mol. The molecule has 182 valence electrons. The largest absolute Gasteiger partial charge is 0.493 e. The zero-order chi connectivity index (χ0) is 24.7. The first-order chi connectivity index (χ1) is 16.7. The predicted octanol–water partition coefficient (Wildman–Crippen LogP) is 3.83. The number of sulfonamides is 1. The quantitative estimate of drug-likeness (QED) is 0.540. The molecule has 0 spiro atoms. The van der Waals surface area contributed by atoms with E-state index in [1.54, 1.807) is 47.0 Å². The monoisotopic (exact) mass is 493 g/mol. The molecule has 35 heavy (non-hydrogen) atoms. The van der Waals surface area contributed by atoms with Crippen LogP contribution in [-0.2, 0) is 10.0 Å². The summed E-state index contributed by atoms with van der Waals surface area (Å²) in [5.74, 6) is 0.814. The van der Waals surface area contributed by atoms with E-state index in [1.165, 1.54) is 22.5 Å². The Bertz CT molecular complexity index is 1410. The maximum absolute atomic E-state index is 13.3. The van der Waals surface area contributed by atoms with Crippen LogP contribution in [0.15, 0.2) is 76.4 Å². The van der Waals surface area contributed by atoms with Crippen molar-refractivity contribution in [2.45, 2.75) is 37.2 Å². The summed E-state index contributed by atoms with van der Waals surface area (Å²) < 4.78 is 35.5. The Morgan fingerprint density at radius 2 is 1.77 bits per heavy atom. The maximum Gasteiger partial charge on any atom is 0.255 e. The fourth-order valence-corrected chi connectivity index (χ4v) is 6.35. The average Bonchev–Trinajstić information content (AvgIpc) is 3.44. The van der Waals surface area contributed by atoms with Crippen LogP contribution in [0.2, 0.25) is 0 Å². The van der Waals surface area contributed by atoms with Crippen LogP contribution in [-0.4, -0.2) is 36.3 Å². The van der Waals surface area contributed by atoms with Gasteiger partial charge in [-0.1, -0.05) is 19.9 Å². The topological polar surface area (TPSA) is 97.7 Å². The lowest BCUT2D eigenvalue weighted by Gasteiger charge is -2.28. The van der Waals surface area contributed by atoms with Crippen molar-refractivity contribution in [1.29, 1.82) is 0 Å². The van der Waals surface area contributed by atoms with E-state index >= 15 is 0 Å². The van der Waals surface area contributed by atoms with Crippen LogP contribution in [0.3, 0.4) is 0 Å². The number of pyridine rings is 1. The maximum atomic E-state index is 13.3. The molecule has 3 heterocycles. The SMILES string of the molecule is CC(C)COc1ccc(C(=O)Nc2ccc(S(=O)(=O)N3C[C@H]4C[C@@H]3c3cccc(=O)n34)cc2)cc1. The van der Waals surface area contributed by atoms with Gasteiger partial charge in [-0.3, -0.25) is 9.59 Å². The number of aromatic nitrogens is 1. The number of carbonyl (C=O) groups excluding carboxylic acids is 1. The van der Waals surface area contributed by atoms with Crippen molar-refractivity contribution in [3.05, 3.63) is 88.3 Å². The van der Waals surface area contributed by atoms with E-state index in [0.29, 0.717) is 35.9 Å². The number of fused-ring (bicyclic) bond motifs is 5. The number of nitrogens with zero attached hydrogens (tertiary/aromatic N) is 2. The number of benzene rings is 2. The summed E-state index contributed by atoms with van der Waals surface area (Å²) in [6, 6.07) is 17.6. The Hall–Kier alpha value is -3.43. The highest BCUT2D eigenvalue weighted by atomic mass is 32.2. The summed E-state index contributed by atoms with van der Waals surface area (Å²) in [4.78, 5) is 24.9. The molecule has 2 aromatic carbocycles. The number of hydrogen-bond acceptors (Lipinski definition) is 5. The third-order valence-corrected chi connectivity index (χ3v) is 8.27. The Kier molecular flexibility index (Phi) is 5.98. The van der Waals surface area contributed by atoms with E-state index in [9.17, 15) is 18.0 Å². The normalized spacial score (nSPS) is 19.1. The minimum absolute atomic E-state index is 0.0927. The fraction of sp³-hybridized carbons (Fsp3) is 0.308. The third kappa shape index (κ3) is 4.37. The summed E-state index contributed by atoms with van der Waals surface area (Å²) in [7, 11) is -3.75.